The third kappa shape index (κ3) is 6.49. The van der Waals surface area contributed by atoms with Gasteiger partial charge in [-0.25, -0.2) is 4.99 Å². The van der Waals surface area contributed by atoms with Crippen LogP contribution in [0.15, 0.2) is 33.7 Å². The van der Waals surface area contributed by atoms with E-state index in [-0.39, 0.29) is 29.5 Å². The zero-order chi connectivity index (χ0) is 27.6. The molecule has 5 rings (SSSR count). The number of amides is 2. The molecule has 1 aromatic carbocycles. The number of anilines is 2. The minimum Gasteiger partial charge on any atom is -0.461 e. The minimum atomic E-state index is -4.63. The van der Waals surface area contributed by atoms with Gasteiger partial charge in [0.05, 0.1) is 6.54 Å². The predicted octanol–water partition coefficient (Wildman–Crippen LogP) is 4.50. The Bertz CT molecular complexity index is 1380. The molecule has 2 aliphatic heterocycles. The average molecular weight is 564 g/mol. The van der Waals surface area contributed by atoms with Crippen molar-refractivity contribution in [3.63, 3.8) is 0 Å². The molecule has 0 saturated carbocycles. The number of alkyl halides is 3. The zero-order valence-corrected chi connectivity index (χ0v) is 22.1. The summed E-state index contributed by atoms with van der Waals surface area (Å²) < 4.78 is 44.9. The number of aryl methyl sites for hydroxylation is 1. The second-order valence-electron chi connectivity index (χ2n) is 9.61. The van der Waals surface area contributed by atoms with Crippen LogP contribution in [0.5, 0.6) is 0 Å². The van der Waals surface area contributed by atoms with Crippen LogP contribution in [-0.4, -0.2) is 70.0 Å². The maximum atomic E-state index is 13.5. The summed E-state index contributed by atoms with van der Waals surface area (Å²) in [4.78, 5) is 34.1. The summed E-state index contributed by atoms with van der Waals surface area (Å²) in [6, 6.07) is 6.33. The normalized spacial score (nSPS) is 19.0. The summed E-state index contributed by atoms with van der Waals surface area (Å²) in [6.45, 7) is 3.66. The lowest BCUT2D eigenvalue weighted by Gasteiger charge is -2.25. The summed E-state index contributed by atoms with van der Waals surface area (Å²) in [5, 5.41) is 12.3. The van der Waals surface area contributed by atoms with Crippen LogP contribution in [0.25, 0.3) is 11.0 Å². The maximum Gasteiger partial charge on any atom is 0.445 e. The number of nitrogens with zero attached hydrogens (tertiary/aromatic N) is 5. The number of halogens is 3. The Morgan fingerprint density at radius 1 is 1.13 bits per heavy atom. The molecule has 0 unspecified atom stereocenters. The SMILES string of the molecule is Cc1cc2cc(NC(=N[C@H]3CCCCN(CC(=O)N4CCCC4)C3=O)Nc3nnc(C(F)(F)F)s3)ccc2o1. The molecule has 2 aromatic heterocycles. The van der Waals surface area contributed by atoms with Crippen LogP contribution in [0, 0.1) is 6.92 Å². The molecule has 0 bridgehead atoms. The number of aromatic nitrogens is 2. The lowest BCUT2D eigenvalue weighted by Crippen LogP contribution is -2.45. The van der Waals surface area contributed by atoms with Gasteiger partial charge in [-0.1, -0.05) is 11.3 Å². The highest BCUT2D eigenvalue weighted by atomic mass is 32.1. The standard InChI is InChI=1S/C25H28F3N7O3S/c1-15-12-16-13-17(7-8-19(16)38-15)29-23(31-24-33-32-22(39-24)25(26,27)28)30-18-6-2-3-11-35(21(18)37)14-20(36)34-9-4-5-10-34/h7-8,12-13,18H,2-6,9-11,14H2,1H3,(H2,29,30,31,33)/t18-/m0/s1. The average Bonchev–Trinajstić information content (AvgIpc) is 3.63. The molecule has 39 heavy (non-hydrogen) atoms. The minimum absolute atomic E-state index is 0.0110. The van der Waals surface area contributed by atoms with Gasteiger partial charge < -0.3 is 24.9 Å². The summed E-state index contributed by atoms with van der Waals surface area (Å²) in [6.07, 6.45) is -0.851. The van der Waals surface area contributed by atoms with Crippen molar-refractivity contribution in [1.82, 2.24) is 20.0 Å². The number of carbonyl (C=O) groups excluding carboxylic acids is 2. The van der Waals surface area contributed by atoms with Crippen LogP contribution in [-0.2, 0) is 15.8 Å². The maximum absolute atomic E-state index is 13.5. The van der Waals surface area contributed by atoms with Gasteiger partial charge in [-0.3, -0.25) is 9.59 Å². The molecule has 14 heteroatoms. The monoisotopic (exact) mass is 563 g/mol. The summed E-state index contributed by atoms with van der Waals surface area (Å²) >= 11 is 0.335. The van der Waals surface area contributed by atoms with Crippen molar-refractivity contribution in [2.24, 2.45) is 4.99 Å². The quantitative estimate of drug-likeness (QED) is 0.347. The molecule has 1 atom stereocenters. The van der Waals surface area contributed by atoms with Gasteiger partial charge in [0.2, 0.25) is 27.9 Å². The topological polar surface area (TPSA) is 116 Å². The first kappa shape index (κ1) is 26.9. The van der Waals surface area contributed by atoms with Crippen molar-refractivity contribution in [1.29, 1.82) is 0 Å². The Kier molecular flexibility index (Phi) is 7.73. The number of carbonyl (C=O) groups is 2. The van der Waals surface area contributed by atoms with Crippen molar-refractivity contribution < 1.29 is 27.2 Å². The Morgan fingerprint density at radius 3 is 2.64 bits per heavy atom. The van der Waals surface area contributed by atoms with E-state index in [1.165, 1.54) is 4.90 Å². The number of guanidine groups is 1. The number of rotatable bonds is 5. The fraction of sp³-hybridized carbons (Fsp3) is 0.480. The Morgan fingerprint density at radius 2 is 1.90 bits per heavy atom. The molecule has 4 heterocycles. The van der Waals surface area contributed by atoms with Crippen molar-refractivity contribution in [2.45, 2.75) is 51.2 Å². The van der Waals surface area contributed by atoms with E-state index in [2.05, 4.69) is 25.8 Å². The lowest BCUT2D eigenvalue weighted by molar-refractivity contribution is -0.140. The van der Waals surface area contributed by atoms with E-state index in [4.69, 9.17) is 4.42 Å². The van der Waals surface area contributed by atoms with Crippen LogP contribution in [0.3, 0.4) is 0 Å². The molecular weight excluding hydrogens is 535 g/mol. The van der Waals surface area contributed by atoms with Gasteiger partial charge in [-0.05, 0) is 63.3 Å². The number of fused-ring (bicyclic) bond motifs is 1. The number of furan rings is 1. The van der Waals surface area contributed by atoms with E-state index in [0.29, 0.717) is 55.1 Å². The molecule has 10 nitrogen and oxygen atoms in total. The number of hydrogen-bond donors (Lipinski definition) is 2. The highest BCUT2D eigenvalue weighted by Crippen LogP contribution is 2.33. The molecule has 2 aliphatic rings. The van der Waals surface area contributed by atoms with Crippen LogP contribution in [0.4, 0.5) is 24.0 Å². The van der Waals surface area contributed by atoms with Gasteiger partial charge in [0.1, 0.15) is 17.4 Å². The largest absolute Gasteiger partial charge is 0.461 e. The first-order valence-electron chi connectivity index (χ1n) is 12.7. The third-order valence-corrected chi connectivity index (χ3v) is 7.50. The first-order chi connectivity index (χ1) is 18.7. The van der Waals surface area contributed by atoms with Crippen LogP contribution in [0.2, 0.25) is 0 Å². The van der Waals surface area contributed by atoms with Gasteiger partial charge in [0.25, 0.3) is 0 Å². The molecule has 0 aliphatic carbocycles. The number of hydrogen-bond acceptors (Lipinski definition) is 7. The van der Waals surface area contributed by atoms with E-state index in [1.807, 2.05) is 13.0 Å². The third-order valence-electron chi connectivity index (χ3n) is 6.62. The van der Waals surface area contributed by atoms with Crippen molar-refractivity contribution in [3.05, 3.63) is 35.0 Å². The second-order valence-corrected chi connectivity index (χ2v) is 10.6. The number of nitrogens with one attached hydrogen (secondary N) is 2. The predicted molar refractivity (Wildman–Crippen MR) is 141 cm³/mol. The Balaban J connectivity index is 1.40. The highest BCUT2D eigenvalue weighted by molar-refractivity contribution is 7.15. The Hall–Kier alpha value is -3.68. The number of likely N-dealkylation sites (tertiary alicyclic amines) is 2. The van der Waals surface area contributed by atoms with E-state index >= 15 is 0 Å². The highest BCUT2D eigenvalue weighted by Gasteiger charge is 2.36. The van der Waals surface area contributed by atoms with Crippen LogP contribution in [0.1, 0.15) is 42.9 Å². The second kappa shape index (κ2) is 11.2. The van der Waals surface area contributed by atoms with Gasteiger partial charge in [0.15, 0.2) is 0 Å². The summed E-state index contributed by atoms with van der Waals surface area (Å²) in [5.41, 5.74) is 1.26. The molecule has 2 amide bonds. The van der Waals surface area contributed by atoms with E-state index in [1.54, 1.807) is 23.1 Å². The van der Waals surface area contributed by atoms with Crippen molar-refractivity contribution in [3.8, 4) is 0 Å². The molecule has 0 radical (unpaired) electrons. The van der Waals surface area contributed by atoms with Gasteiger partial charge in [-0.2, -0.15) is 13.2 Å². The van der Waals surface area contributed by atoms with E-state index in [0.717, 1.165) is 30.4 Å². The number of benzene rings is 1. The molecule has 2 fully saturated rings. The zero-order valence-electron chi connectivity index (χ0n) is 21.3. The lowest BCUT2D eigenvalue weighted by atomic mass is 10.1. The molecule has 2 N–H and O–H groups in total. The molecule has 208 valence electrons. The smallest absolute Gasteiger partial charge is 0.445 e. The summed E-state index contributed by atoms with van der Waals surface area (Å²) in [7, 11) is 0. The van der Waals surface area contributed by atoms with Crippen LogP contribution >= 0.6 is 11.3 Å². The van der Waals surface area contributed by atoms with Gasteiger partial charge >= 0.3 is 6.18 Å². The number of aliphatic imine (C=N–C) groups is 1. The van der Waals surface area contributed by atoms with Crippen molar-refractivity contribution in [2.75, 3.05) is 36.8 Å². The molecule has 3 aromatic rings. The van der Waals surface area contributed by atoms with E-state index in [9.17, 15) is 22.8 Å². The molecular formula is C25H28F3N7O3S. The molecule has 2 saturated heterocycles. The van der Waals surface area contributed by atoms with E-state index < -0.39 is 17.2 Å². The Labute approximate surface area is 226 Å². The molecule has 0 spiro atoms. The fourth-order valence-electron chi connectivity index (χ4n) is 4.72. The fourth-order valence-corrected chi connectivity index (χ4v) is 5.33. The van der Waals surface area contributed by atoms with Gasteiger partial charge in [-0.15, -0.1) is 10.2 Å². The van der Waals surface area contributed by atoms with Crippen LogP contribution < -0.4 is 10.6 Å². The summed E-state index contributed by atoms with van der Waals surface area (Å²) in [5.74, 6) is 0.398. The van der Waals surface area contributed by atoms with Gasteiger partial charge in [0, 0.05) is 30.7 Å². The first-order valence-corrected chi connectivity index (χ1v) is 13.6. The van der Waals surface area contributed by atoms with Crippen molar-refractivity contribution >= 4 is 50.9 Å².